The molecule has 0 N–H and O–H groups in total. The SMILES string of the molecule is N#CCC1COC(Cc2ccc(Br)cc2)O1. The lowest BCUT2D eigenvalue weighted by Gasteiger charge is -2.10. The third-order valence-electron chi connectivity index (χ3n) is 2.45. The molecule has 1 heterocycles. The second-order valence-electron chi connectivity index (χ2n) is 3.71. The van der Waals surface area contributed by atoms with Gasteiger partial charge in [0.2, 0.25) is 0 Å². The Morgan fingerprint density at radius 3 is 2.81 bits per heavy atom. The fourth-order valence-corrected chi connectivity index (χ4v) is 1.90. The molecule has 1 fully saturated rings. The predicted octanol–water partition coefficient (Wildman–Crippen LogP) is 2.65. The van der Waals surface area contributed by atoms with E-state index in [1.54, 1.807) is 0 Å². The van der Waals surface area contributed by atoms with Crippen LogP contribution in [0.25, 0.3) is 0 Å². The van der Waals surface area contributed by atoms with Crippen molar-refractivity contribution < 1.29 is 9.47 Å². The number of halogens is 1. The zero-order valence-corrected chi connectivity index (χ0v) is 10.3. The van der Waals surface area contributed by atoms with E-state index in [1.807, 2.05) is 24.3 Å². The Labute approximate surface area is 103 Å². The molecule has 1 aromatic rings. The van der Waals surface area contributed by atoms with Crippen molar-refractivity contribution >= 4 is 15.9 Å². The van der Waals surface area contributed by atoms with Crippen LogP contribution in [0.2, 0.25) is 0 Å². The van der Waals surface area contributed by atoms with Gasteiger partial charge in [0.1, 0.15) is 0 Å². The van der Waals surface area contributed by atoms with E-state index in [0.29, 0.717) is 13.0 Å². The van der Waals surface area contributed by atoms with Crippen molar-refractivity contribution in [1.29, 1.82) is 5.26 Å². The van der Waals surface area contributed by atoms with Gasteiger partial charge in [0.25, 0.3) is 0 Å². The van der Waals surface area contributed by atoms with E-state index < -0.39 is 0 Å². The molecular weight excluding hydrogens is 270 g/mol. The van der Waals surface area contributed by atoms with Gasteiger partial charge in [-0.3, -0.25) is 0 Å². The van der Waals surface area contributed by atoms with Crippen molar-refractivity contribution in [3.05, 3.63) is 34.3 Å². The Kier molecular flexibility index (Phi) is 3.94. The van der Waals surface area contributed by atoms with Crippen LogP contribution >= 0.6 is 15.9 Å². The molecule has 84 valence electrons. The highest BCUT2D eigenvalue weighted by Gasteiger charge is 2.25. The van der Waals surface area contributed by atoms with Crippen LogP contribution < -0.4 is 0 Å². The maximum absolute atomic E-state index is 8.54. The summed E-state index contributed by atoms with van der Waals surface area (Å²) >= 11 is 3.39. The van der Waals surface area contributed by atoms with Crippen molar-refractivity contribution in [2.75, 3.05) is 6.61 Å². The molecule has 4 heteroatoms. The van der Waals surface area contributed by atoms with Gasteiger partial charge in [-0.05, 0) is 17.7 Å². The van der Waals surface area contributed by atoms with Crippen molar-refractivity contribution in [2.45, 2.75) is 25.2 Å². The highest BCUT2D eigenvalue weighted by Crippen LogP contribution is 2.19. The van der Waals surface area contributed by atoms with Gasteiger partial charge in [0.05, 0.1) is 25.2 Å². The minimum absolute atomic E-state index is 0.0644. The molecule has 16 heavy (non-hydrogen) atoms. The summed E-state index contributed by atoms with van der Waals surface area (Å²) in [6.45, 7) is 0.523. The van der Waals surface area contributed by atoms with Crippen LogP contribution in [0.3, 0.4) is 0 Å². The van der Waals surface area contributed by atoms with Gasteiger partial charge in [0, 0.05) is 10.9 Å². The third kappa shape index (κ3) is 3.05. The van der Waals surface area contributed by atoms with E-state index in [0.717, 1.165) is 10.9 Å². The molecule has 1 saturated heterocycles. The van der Waals surface area contributed by atoms with Crippen molar-refractivity contribution in [1.82, 2.24) is 0 Å². The lowest BCUT2D eigenvalue weighted by molar-refractivity contribution is -0.0548. The number of rotatable bonds is 3. The first kappa shape index (κ1) is 11.6. The van der Waals surface area contributed by atoms with E-state index in [2.05, 4.69) is 22.0 Å². The van der Waals surface area contributed by atoms with Crippen LogP contribution in [0.4, 0.5) is 0 Å². The zero-order chi connectivity index (χ0) is 11.4. The van der Waals surface area contributed by atoms with Crippen LogP contribution in [0.5, 0.6) is 0 Å². The summed E-state index contributed by atoms with van der Waals surface area (Å²) in [6, 6.07) is 10.2. The predicted molar refractivity (Wildman–Crippen MR) is 62.7 cm³/mol. The van der Waals surface area contributed by atoms with Crippen LogP contribution in [0.15, 0.2) is 28.7 Å². The fraction of sp³-hybridized carbons (Fsp3) is 0.417. The van der Waals surface area contributed by atoms with E-state index in [4.69, 9.17) is 14.7 Å². The Balaban J connectivity index is 1.87. The number of benzene rings is 1. The summed E-state index contributed by atoms with van der Waals surface area (Å²) in [4.78, 5) is 0. The lowest BCUT2D eigenvalue weighted by atomic mass is 10.1. The van der Waals surface area contributed by atoms with Crippen LogP contribution in [-0.2, 0) is 15.9 Å². The fourth-order valence-electron chi connectivity index (χ4n) is 1.64. The molecule has 0 spiro atoms. The second-order valence-corrected chi connectivity index (χ2v) is 4.63. The Morgan fingerprint density at radius 2 is 2.12 bits per heavy atom. The number of nitriles is 1. The summed E-state index contributed by atoms with van der Waals surface area (Å²) in [5, 5.41) is 8.54. The summed E-state index contributed by atoms with van der Waals surface area (Å²) in [5.74, 6) is 0. The van der Waals surface area contributed by atoms with Gasteiger partial charge in [-0.15, -0.1) is 0 Å². The molecule has 0 aromatic heterocycles. The van der Waals surface area contributed by atoms with Gasteiger partial charge < -0.3 is 9.47 Å². The summed E-state index contributed by atoms with van der Waals surface area (Å²) < 4.78 is 12.1. The number of nitrogens with zero attached hydrogens (tertiary/aromatic N) is 1. The van der Waals surface area contributed by atoms with Gasteiger partial charge in [-0.1, -0.05) is 28.1 Å². The summed E-state index contributed by atoms with van der Waals surface area (Å²) in [7, 11) is 0. The first-order valence-corrected chi connectivity index (χ1v) is 5.95. The van der Waals surface area contributed by atoms with Crippen molar-refractivity contribution in [2.24, 2.45) is 0 Å². The maximum Gasteiger partial charge on any atom is 0.162 e. The quantitative estimate of drug-likeness (QED) is 0.856. The van der Waals surface area contributed by atoms with Gasteiger partial charge >= 0.3 is 0 Å². The molecule has 1 aliphatic heterocycles. The maximum atomic E-state index is 8.54. The number of ether oxygens (including phenoxy) is 2. The molecular formula is C12H12BrNO2. The number of hydrogen-bond donors (Lipinski definition) is 0. The lowest BCUT2D eigenvalue weighted by Crippen LogP contribution is -2.14. The molecule has 2 atom stereocenters. The first-order chi connectivity index (χ1) is 7.78. The molecule has 0 radical (unpaired) electrons. The molecule has 3 nitrogen and oxygen atoms in total. The standard InChI is InChI=1S/C12H12BrNO2/c13-10-3-1-9(2-4-10)7-12-15-8-11(16-12)5-6-14/h1-4,11-12H,5,7-8H2. The van der Waals surface area contributed by atoms with E-state index in [1.165, 1.54) is 5.56 Å². The van der Waals surface area contributed by atoms with Crippen LogP contribution in [0, 0.1) is 11.3 Å². The molecule has 0 bridgehead atoms. The van der Waals surface area contributed by atoms with Gasteiger partial charge in [-0.2, -0.15) is 5.26 Å². The monoisotopic (exact) mass is 281 g/mol. The molecule has 1 aromatic carbocycles. The Hall–Kier alpha value is -0.890. The minimum atomic E-state index is -0.209. The summed E-state index contributed by atoms with van der Waals surface area (Å²) in [6.07, 6.45) is 0.858. The second kappa shape index (κ2) is 5.44. The Morgan fingerprint density at radius 1 is 1.38 bits per heavy atom. The third-order valence-corrected chi connectivity index (χ3v) is 2.98. The molecule has 0 amide bonds. The molecule has 2 unspecified atom stereocenters. The van der Waals surface area contributed by atoms with E-state index in [9.17, 15) is 0 Å². The average molecular weight is 282 g/mol. The molecule has 0 aliphatic carbocycles. The van der Waals surface area contributed by atoms with Gasteiger partial charge in [-0.25, -0.2) is 0 Å². The normalized spacial score (nSPS) is 24.2. The van der Waals surface area contributed by atoms with Crippen LogP contribution in [-0.4, -0.2) is 19.0 Å². The zero-order valence-electron chi connectivity index (χ0n) is 8.73. The van der Waals surface area contributed by atoms with Crippen LogP contribution in [0.1, 0.15) is 12.0 Å². The highest BCUT2D eigenvalue weighted by molar-refractivity contribution is 9.10. The average Bonchev–Trinajstić information content (AvgIpc) is 2.70. The molecule has 0 saturated carbocycles. The van der Waals surface area contributed by atoms with E-state index in [-0.39, 0.29) is 12.4 Å². The van der Waals surface area contributed by atoms with Crippen molar-refractivity contribution in [3.8, 4) is 6.07 Å². The highest BCUT2D eigenvalue weighted by atomic mass is 79.9. The smallest absolute Gasteiger partial charge is 0.162 e. The minimum Gasteiger partial charge on any atom is -0.350 e. The number of hydrogen-bond acceptors (Lipinski definition) is 3. The molecule has 1 aliphatic rings. The first-order valence-electron chi connectivity index (χ1n) is 5.16. The summed E-state index contributed by atoms with van der Waals surface area (Å²) in [5.41, 5.74) is 1.17. The largest absolute Gasteiger partial charge is 0.350 e. The topological polar surface area (TPSA) is 42.2 Å². The molecule has 2 rings (SSSR count). The van der Waals surface area contributed by atoms with Crippen molar-refractivity contribution in [3.63, 3.8) is 0 Å². The van der Waals surface area contributed by atoms with E-state index >= 15 is 0 Å². The Bertz CT molecular complexity index is 385. The van der Waals surface area contributed by atoms with Gasteiger partial charge in [0.15, 0.2) is 6.29 Å².